The number of likely N-dealkylation sites (tertiary alicyclic amines) is 1. The fourth-order valence-electron chi connectivity index (χ4n) is 3.21. The van der Waals surface area contributed by atoms with Gasteiger partial charge in [-0.15, -0.1) is 0 Å². The van der Waals surface area contributed by atoms with E-state index in [4.69, 9.17) is 23.2 Å². The third-order valence-electron chi connectivity index (χ3n) is 4.66. The van der Waals surface area contributed by atoms with Crippen molar-refractivity contribution in [3.63, 3.8) is 0 Å². The van der Waals surface area contributed by atoms with Crippen LogP contribution >= 0.6 is 23.2 Å². The van der Waals surface area contributed by atoms with Gasteiger partial charge in [-0.3, -0.25) is 4.79 Å². The van der Waals surface area contributed by atoms with Crippen LogP contribution in [-0.4, -0.2) is 23.9 Å². The van der Waals surface area contributed by atoms with Crippen LogP contribution in [0.2, 0.25) is 10.0 Å². The first kappa shape index (κ1) is 18.0. The van der Waals surface area contributed by atoms with E-state index in [1.54, 1.807) is 24.3 Å². The van der Waals surface area contributed by atoms with Crippen LogP contribution in [0, 0.1) is 5.92 Å². The number of carbonyl (C=O) groups is 1. The SMILES string of the molecule is O=C(/C=C\c1ccc(Cl)cc1Cl)N1CCC(Cc2ccccc2)CC1. The third-order valence-corrected chi connectivity index (χ3v) is 5.22. The van der Waals surface area contributed by atoms with Gasteiger partial charge in [-0.1, -0.05) is 59.6 Å². The van der Waals surface area contributed by atoms with Crippen LogP contribution in [-0.2, 0) is 11.2 Å². The van der Waals surface area contributed by atoms with Gasteiger partial charge < -0.3 is 4.90 Å². The van der Waals surface area contributed by atoms with E-state index in [1.807, 2.05) is 17.0 Å². The molecule has 3 rings (SSSR count). The molecule has 0 N–H and O–H groups in total. The maximum Gasteiger partial charge on any atom is 0.246 e. The van der Waals surface area contributed by atoms with Gasteiger partial charge in [0, 0.05) is 29.2 Å². The Morgan fingerprint density at radius 1 is 1.08 bits per heavy atom. The second-order valence-corrected chi connectivity index (χ2v) is 7.30. The fourth-order valence-corrected chi connectivity index (χ4v) is 3.68. The quantitative estimate of drug-likeness (QED) is 0.649. The highest BCUT2D eigenvalue weighted by molar-refractivity contribution is 6.35. The van der Waals surface area contributed by atoms with Gasteiger partial charge in [0.15, 0.2) is 0 Å². The van der Waals surface area contributed by atoms with Crippen molar-refractivity contribution in [3.8, 4) is 0 Å². The Kier molecular flexibility index (Phi) is 6.17. The second-order valence-electron chi connectivity index (χ2n) is 6.46. The number of rotatable bonds is 4. The molecule has 1 aliphatic heterocycles. The van der Waals surface area contributed by atoms with Crippen molar-refractivity contribution in [1.82, 2.24) is 4.90 Å². The van der Waals surface area contributed by atoms with Crippen molar-refractivity contribution in [2.75, 3.05) is 13.1 Å². The highest BCUT2D eigenvalue weighted by atomic mass is 35.5. The number of piperidine rings is 1. The highest BCUT2D eigenvalue weighted by Crippen LogP contribution is 2.24. The van der Waals surface area contributed by atoms with E-state index in [0.29, 0.717) is 16.0 Å². The maximum absolute atomic E-state index is 12.4. The van der Waals surface area contributed by atoms with E-state index in [-0.39, 0.29) is 5.91 Å². The topological polar surface area (TPSA) is 20.3 Å². The first-order valence-electron chi connectivity index (χ1n) is 8.58. The van der Waals surface area contributed by atoms with Crippen molar-refractivity contribution in [1.29, 1.82) is 0 Å². The first-order chi connectivity index (χ1) is 12.1. The molecule has 1 saturated heterocycles. The van der Waals surface area contributed by atoms with E-state index in [2.05, 4.69) is 24.3 Å². The summed E-state index contributed by atoms with van der Waals surface area (Å²) >= 11 is 12.0. The lowest BCUT2D eigenvalue weighted by Crippen LogP contribution is -2.37. The van der Waals surface area contributed by atoms with Gasteiger partial charge in [0.05, 0.1) is 0 Å². The summed E-state index contributed by atoms with van der Waals surface area (Å²) in [6.07, 6.45) is 6.56. The van der Waals surface area contributed by atoms with Crippen molar-refractivity contribution in [2.45, 2.75) is 19.3 Å². The van der Waals surface area contributed by atoms with Crippen LogP contribution in [0.4, 0.5) is 0 Å². The number of hydrogen-bond donors (Lipinski definition) is 0. The standard InChI is InChI=1S/C21H21Cl2NO/c22-19-8-6-18(20(23)15-19)7-9-21(25)24-12-10-17(11-13-24)14-16-4-2-1-3-5-16/h1-9,15,17H,10-14H2/b9-7-. The zero-order valence-electron chi connectivity index (χ0n) is 14.0. The van der Waals surface area contributed by atoms with Crippen molar-refractivity contribution in [3.05, 3.63) is 75.8 Å². The summed E-state index contributed by atoms with van der Waals surface area (Å²) in [4.78, 5) is 14.3. The molecular formula is C21H21Cl2NO. The molecule has 1 aliphatic rings. The van der Waals surface area contributed by atoms with Gasteiger partial charge in [-0.2, -0.15) is 0 Å². The smallest absolute Gasteiger partial charge is 0.246 e. The molecule has 2 aromatic rings. The Hall–Kier alpha value is -1.77. The number of amides is 1. The van der Waals surface area contributed by atoms with Crippen molar-refractivity contribution >= 4 is 35.2 Å². The van der Waals surface area contributed by atoms with Gasteiger partial charge in [0.25, 0.3) is 0 Å². The van der Waals surface area contributed by atoms with Crippen LogP contribution in [0.15, 0.2) is 54.6 Å². The Bertz CT molecular complexity index is 750. The molecule has 25 heavy (non-hydrogen) atoms. The van der Waals surface area contributed by atoms with Crippen molar-refractivity contribution in [2.24, 2.45) is 5.92 Å². The molecule has 0 atom stereocenters. The number of halogens is 2. The molecule has 1 amide bonds. The summed E-state index contributed by atoms with van der Waals surface area (Å²) in [5.41, 5.74) is 2.18. The molecule has 0 unspecified atom stereocenters. The zero-order valence-corrected chi connectivity index (χ0v) is 15.5. The van der Waals surface area contributed by atoms with Crippen LogP contribution in [0.25, 0.3) is 6.08 Å². The van der Waals surface area contributed by atoms with Crippen LogP contribution in [0.3, 0.4) is 0 Å². The molecule has 130 valence electrons. The molecule has 0 bridgehead atoms. The Labute approximate surface area is 159 Å². The molecule has 2 aromatic carbocycles. The third kappa shape index (κ3) is 5.10. The largest absolute Gasteiger partial charge is 0.339 e. The summed E-state index contributed by atoms with van der Waals surface area (Å²) in [5.74, 6) is 0.699. The Morgan fingerprint density at radius 3 is 2.48 bits per heavy atom. The van der Waals surface area contributed by atoms with E-state index in [0.717, 1.165) is 37.9 Å². The predicted molar refractivity (Wildman–Crippen MR) is 105 cm³/mol. The number of benzene rings is 2. The first-order valence-corrected chi connectivity index (χ1v) is 9.33. The molecule has 0 saturated carbocycles. The Morgan fingerprint density at radius 2 is 1.80 bits per heavy atom. The minimum atomic E-state index is 0.0455. The maximum atomic E-state index is 12.4. The summed E-state index contributed by atoms with van der Waals surface area (Å²) in [7, 11) is 0. The highest BCUT2D eigenvalue weighted by Gasteiger charge is 2.21. The van der Waals surface area contributed by atoms with Gasteiger partial charge in [0.2, 0.25) is 5.91 Å². The van der Waals surface area contributed by atoms with E-state index >= 15 is 0 Å². The fraction of sp³-hybridized carbons (Fsp3) is 0.286. The summed E-state index contributed by atoms with van der Waals surface area (Å²) in [6.45, 7) is 1.63. The lowest BCUT2D eigenvalue weighted by molar-refractivity contribution is -0.127. The lowest BCUT2D eigenvalue weighted by atomic mass is 9.90. The number of hydrogen-bond acceptors (Lipinski definition) is 1. The van der Waals surface area contributed by atoms with E-state index < -0.39 is 0 Å². The van der Waals surface area contributed by atoms with Gasteiger partial charge in [-0.05, 0) is 54.5 Å². The molecule has 4 heteroatoms. The van der Waals surface area contributed by atoms with Crippen molar-refractivity contribution < 1.29 is 4.79 Å². The molecule has 1 heterocycles. The summed E-state index contributed by atoms with van der Waals surface area (Å²) in [6, 6.07) is 15.8. The van der Waals surface area contributed by atoms with E-state index in [1.165, 1.54) is 5.56 Å². The molecule has 0 aliphatic carbocycles. The molecule has 1 fully saturated rings. The van der Waals surface area contributed by atoms with Gasteiger partial charge in [-0.25, -0.2) is 0 Å². The molecule has 0 radical (unpaired) electrons. The van der Waals surface area contributed by atoms with Crippen LogP contribution in [0.1, 0.15) is 24.0 Å². The summed E-state index contributed by atoms with van der Waals surface area (Å²) < 4.78 is 0. The minimum Gasteiger partial charge on any atom is -0.339 e. The number of nitrogens with zero attached hydrogens (tertiary/aromatic N) is 1. The monoisotopic (exact) mass is 373 g/mol. The zero-order chi connectivity index (χ0) is 17.6. The van der Waals surface area contributed by atoms with Gasteiger partial charge >= 0.3 is 0 Å². The molecule has 2 nitrogen and oxygen atoms in total. The summed E-state index contributed by atoms with van der Waals surface area (Å²) in [5, 5.41) is 1.15. The molecular weight excluding hydrogens is 353 g/mol. The number of carbonyl (C=O) groups excluding carboxylic acids is 1. The Balaban J connectivity index is 1.52. The normalized spacial score (nSPS) is 15.7. The average Bonchev–Trinajstić information content (AvgIpc) is 2.62. The predicted octanol–water partition coefficient (Wildman–Crippen LogP) is 5.49. The minimum absolute atomic E-state index is 0.0455. The van der Waals surface area contributed by atoms with Crippen LogP contribution in [0.5, 0.6) is 0 Å². The molecule has 0 aromatic heterocycles. The second kappa shape index (κ2) is 8.55. The lowest BCUT2D eigenvalue weighted by Gasteiger charge is -2.31. The van der Waals surface area contributed by atoms with Crippen LogP contribution < -0.4 is 0 Å². The molecule has 0 spiro atoms. The van der Waals surface area contributed by atoms with Gasteiger partial charge in [0.1, 0.15) is 0 Å². The average molecular weight is 374 g/mol. The van der Waals surface area contributed by atoms with E-state index in [9.17, 15) is 4.79 Å².